The minimum absolute atomic E-state index is 0.135. The molecule has 0 aliphatic rings. The fourth-order valence-corrected chi connectivity index (χ4v) is 2.58. The molecule has 2 aromatic heterocycles. The molecule has 0 saturated heterocycles. The van der Waals surface area contributed by atoms with Crippen LogP contribution in [0.2, 0.25) is 0 Å². The summed E-state index contributed by atoms with van der Waals surface area (Å²) < 4.78 is 39.9. The first kappa shape index (κ1) is 18.1. The molecule has 0 unspecified atom stereocenters. The average Bonchev–Trinajstić information content (AvgIpc) is 3.13. The summed E-state index contributed by atoms with van der Waals surface area (Å²) in [5.74, 6) is -3.14. The van der Waals surface area contributed by atoms with E-state index in [1.807, 2.05) is 0 Å². The van der Waals surface area contributed by atoms with Crippen molar-refractivity contribution in [3.05, 3.63) is 70.8 Å². The van der Waals surface area contributed by atoms with Gasteiger partial charge in [-0.05, 0) is 12.1 Å². The number of ether oxygens (including phenoxy) is 2. The Bertz CT molecular complexity index is 1290. The molecule has 0 aliphatic carbocycles. The van der Waals surface area contributed by atoms with Gasteiger partial charge in [0.15, 0.2) is 23.1 Å². The Morgan fingerprint density at radius 1 is 1.17 bits per heavy atom. The van der Waals surface area contributed by atoms with Gasteiger partial charge in [0.25, 0.3) is 5.56 Å². The Morgan fingerprint density at radius 2 is 1.93 bits per heavy atom. The molecule has 0 spiro atoms. The number of carbonyl (C=O) groups is 1. The molecule has 0 atom stereocenters. The van der Waals surface area contributed by atoms with Gasteiger partial charge in [-0.3, -0.25) is 9.78 Å². The van der Waals surface area contributed by atoms with Crippen LogP contribution in [0.15, 0.2) is 53.6 Å². The van der Waals surface area contributed by atoms with Crippen LogP contribution in [-0.2, 0) is 0 Å². The van der Waals surface area contributed by atoms with Gasteiger partial charge in [-0.25, -0.2) is 23.2 Å². The molecule has 2 N–H and O–H groups in total. The highest BCUT2D eigenvalue weighted by atomic mass is 19.1. The van der Waals surface area contributed by atoms with Crippen LogP contribution in [0.5, 0.6) is 17.2 Å². The first-order valence-electron chi connectivity index (χ1n) is 8.03. The van der Waals surface area contributed by atoms with Crippen LogP contribution in [0.3, 0.4) is 0 Å². The van der Waals surface area contributed by atoms with Gasteiger partial charge in [0.2, 0.25) is 5.95 Å². The van der Waals surface area contributed by atoms with Crippen LogP contribution in [-0.4, -0.2) is 31.0 Å². The van der Waals surface area contributed by atoms with Crippen molar-refractivity contribution in [3.63, 3.8) is 0 Å². The zero-order valence-electron chi connectivity index (χ0n) is 14.3. The molecule has 0 saturated carbocycles. The number of halogens is 2. The van der Waals surface area contributed by atoms with E-state index in [0.717, 1.165) is 23.1 Å². The van der Waals surface area contributed by atoms with E-state index >= 15 is 0 Å². The van der Waals surface area contributed by atoms with E-state index in [4.69, 9.17) is 9.84 Å². The largest absolute Gasteiger partial charge is 0.511 e. The number of hydrogen-bond acceptors (Lipinski definition) is 6. The predicted octanol–water partition coefficient (Wildman–Crippen LogP) is 3.24. The van der Waals surface area contributed by atoms with Crippen molar-refractivity contribution in [1.29, 1.82) is 0 Å². The molecule has 0 aliphatic heterocycles. The topological polar surface area (TPSA) is 119 Å². The maximum atomic E-state index is 14.8. The molecule has 9 nitrogen and oxygen atoms in total. The number of nitrogens with zero attached hydrogens (tertiary/aromatic N) is 3. The van der Waals surface area contributed by atoms with Crippen molar-refractivity contribution in [3.8, 4) is 23.2 Å². The predicted molar refractivity (Wildman–Crippen MR) is 94.6 cm³/mol. The zero-order chi connectivity index (χ0) is 20.5. The lowest BCUT2D eigenvalue weighted by atomic mass is 10.2. The molecule has 2 heterocycles. The number of rotatable bonds is 4. The molecule has 2 aromatic carbocycles. The normalized spacial score (nSPS) is 10.8. The molecule has 0 bridgehead atoms. The number of carboxylic acid groups (broad SMARTS) is 1. The second-order valence-electron chi connectivity index (χ2n) is 5.69. The minimum atomic E-state index is -1.56. The standard InChI is InChI=1S/C18H10F2N4O5/c19-11-6-12-13(14(20)15(11)28-9-4-2-1-3-5-9)16(25)23-17(22-12)24-8-10(7-21-24)29-18(26)27/h1-8H,(H,26,27)(H,22,23,25). The summed E-state index contributed by atoms with van der Waals surface area (Å²) in [5, 5.41) is 11.9. The summed E-state index contributed by atoms with van der Waals surface area (Å²) in [6.07, 6.45) is 0.633. The van der Waals surface area contributed by atoms with E-state index in [-0.39, 0.29) is 23.0 Å². The van der Waals surface area contributed by atoms with E-state index in [2.05, 4.69) is 19.8 Å². The molecular weight excluding hydrogens is 390 g/mol. The number of H-pyrrole nitrogens is 1. The lowest BCUT2D eigenvalue weighted by Crippen LogP contribution is -2.15. The van der Waals surface area contributed by atoms with Crippen molar-refractivity contribution in [1.82, 2.24) is 19.7 Å². The second kappa shape index (κ2) is 7.03. The van der Waals surface area contributed by atoms with Crippen molar-refractivity contribution >= 4 is 17.1 Å². The number of benzene rings is 2. The minimum Gasteiger partial charge on any atom is -0.451 e. The van der Waals surface area contributed by atoms with Crippen molar-refractivity contribution < 1.29 is 28.2 Å². The van der Waals surface area contributed by atoms with E-state index in [1.165, 1.54) is 12.1 Å². The molecule has 146 valence electrons. The number of hydrogen-bond donors (Lipinski definition) is 2. The molecule has 4 aromatic rings. The lowest BCUT2D eigenvalue weighted by molar-refractivity contribution is 0.144. The fraction of sp³-hybridized carbons (Fsp3) is 0. The molecule has 11 heteroatoms. The van der Waals surface area contributed by atoms with Gasteiger partial charge in [-0.1, -0.05) is 18.2 Å². The summed E-state index contributed by atoms with van der Waals surface area (Å²) >= 11 is 0. The van der Waals surface area contributed by atoms with Gasteiger partial charge < -0.3 is 14.6 Å². The van der Waals surface area contributed by atoms with Gasteiger partial charge in [0, 0.05) is 6.07 Å². The Labute approximate surface area is 159 Å². The summed E-state index contributed by atoms with van der Waals surface area (Å²) in [6, 6.07) is 8.82. The number of para-hydroxylation sites is 1. The third-order valence-corrected chi connectivity index (χ3v) is 3.78. The smallest absolute Gasteiger partial charge is 0.451 e. The van der Waals surface area contributed by atoms with Gasteiger partial charge in [-0.2, -0.15) is 5.10 Å². The van der Waals surface area contributed by atoms with Gasteiger partial charge in [-0.15, -0.1) is 0 Å². The Balaban J connectivity index is 1.79. The molecule has 29 heavy (non-hydrogen) atoms. The van der Waals surface area contributed by atoms with Crippen LogP contribution in [0.1, 0.15) is 0 Å². The Hall–Kier alpha value is -4.28. The number of aromatic nitrogens is 4. The fourth-order valence-electron chi connectivity index (χ4n) is 2.58. The average molecular weight is 400 g/mol. The maximum absolute atomic E-state index is 14.8. The first-order chi connectivity index (χ1) is 13.9. The summed E-state index contributed by atoms with van der Waals surface area (Å²) in [5.41, 5.74) is -1.19. The zero-order valence-corrected chi connectivity index (χ0v) is 14.3. The Morgan fingerprint density at radius 3 is 2.66 bits per heavy atom. The quantitative estimate of drug-likeness (QED) is 0.505. The van der Waals surface area contributed by atoms with Crippen molar-refractivity contribution in [2.24, 2.45) is 0 Å². The third-order valence-electron chi connectivity index (χ3n) is 3.78. The molecule has 0 amide bonds. The highest BCUT2D eigenvalue weighted by Crippen LogP contribution is 2.31. The van der Waals surface area contributed by atoms with E-state index in [9.17, 15) is 18.4 Å². The monoisotopic (exact) mass is 400 g/mol. The lowest BCUT2D eigenvalue weighted by Gasteiger charge is -2.10. The maximum Gasteiger partial charge on any atom is 0.511 e. The molecule has 0 radical (unpaired) electrons. The van der Waals surface area contributed by atoms with Crippen LogP contribution in [0.25, 0.3) is 16.9 Å². The van der Waals surface area contributed by atoms with Crippen LogP contribution in [0.4, 0.5) is 13.6 Å². The highest BCUT2D eigenvalue weighted by Gasteiger charge is 2.20. The van der Waals surface area contributed by atoms with Gasteiger partial charge in [0.1, 0.15) is 11.1 Å². The van der Waals surface area contributed by atoms with Gasteiger partial charge in [0.05, 0.1) is 17.9 Å². The van der Waals surface area contributed by atoms with Crippen molar-refractivity contribution in [2.45, 2.75) is 0 Å². The summed E-state index contributed by atoms with van der Waals surface area (Å²) in [6.45, 7) is 0. The SMILES string of the molecule is O=C(O)Oc1cnn(-c2nc3cc(F)c(Oc4ccccc4)c(F)c3c(=O)[nH]2)c1. The second-order valence-corrected chi connectivity index (χ2v) is 5.69. The molecule has 0 fully saturated rings. The summed E-state index contributed by atoms with van der Waals surface area (Å²) in [4.78, 5) is 29.2. The number of nitrogens with one attached hydrogen (secondary N) is 1. The molecule has 4 rings (SSSR count). The number of aromatic amines is 1. The first-order valence-corrected chi connectivity index (χ1v) is 8.03. The molecular formula is C18H10F2N4O5. The van der Waals surface area contributed by atoms with Crippen LogP contribution >= 0.6 is 0 Å². The number of fused-ring (bicyclic) bond motifs is 1. The summed E-state index contributed by atoms with van der Waals surface area (Å²) in [7, 11) is 0. The van der Waals surface area contributed by atoms with Gasteiger partial charge >= 0.3 is 6.16 Å². The van der Waals surface area contributed by atoms with E-state index < -0.39 is 34.5 Å². The Kier molecular flexibility index (Phi) is 4.39. The third kappa shape index (κ3) is 3.48. The van der Waals surface area contributed by atoms with E-state index in [1.54, 1.807) is 18.2 Å². The van der Waals surface area contributed by atoms with Crippen LogP contribution in [0, 0.1) is 11.6 Å². The van der Waals surface area contributed by atoms with E-state index in [0.29, 0.717) is 0 Å². The highest BCUT2D eigenvalue weighted by molar-refractivity contribution is 5.81. The van der Waals surface area contributed by atoms with Crippen LogP contribution < -0.4 is 15.0 Å². The van der Waals surface area contributed by atoms with Crippen molar-refractivity contribution in [2.75, 3.05) is 0 Å².